The quantitative estimate of drug-likeness (QED) is 0.793. The van der Waals surface area contributed by atoms with Crippen LogP contribution in [0.4, 0.5) is 10.2 Å². The molecule has 1 fully saturated rings. The summed E-state index contributed by atoms with van der Waals surface area (Å²) < 4.78 is 20.3. The third-order valence-corrected chi connectivity index (χ3v) is 4.47. The molecule has 1 N–H and O–H groups in total. The smallest absolute Gasteiger partial charge is 0.231 e. The number of ether oxygens (including phenoxy) is 1. The Bertz CT molecular complexity index is 969. The van der Waals surface area contributed by atoms with Crippen LogP contribution in [-0.4, -0.2) is 33.7 Å². The molecular formula is C18H17FN4O2. The first-order valence-electron chi connectivity index (χ1n) is 7.98. The third-order valence-electron chi connectivity index (χ3n) is 4.47. The van der Waals surface area contributed by atoms with E-state index in [1.807, 2.05) is 29.8 Å². The lowest BCUT2D eigenvalue weighted by Gasteiger charge is -2.08. The van der Waals surface area contributed by atoms with Crippen LogP contribution in [0.2, 0.25) is 0 Å². The lowest BCUT2D eigenvalue weighted by molar-refractivity contribution is -0.117. The molecule has 2 atom stereocenters. The van der Waals surface area contributed by atoms with Crippen LogP contribution >= 0.6 is 0 Å². The molecule has 3 heterocycles. The Morgan fingerprint density at radius 1 is 1.40 bits per heavy atom. The molecule has 0 radical (unpaired) electrons. The van der Waals surface area contributed by atoms with Crippen molar-refractivity contribution in [1.82, 2.24) is 14.5 Å². The zero-order valence-corrected chi connectivity index (χ0v) is 13.9. The second-order valence-electron chi connectivity index (χ2n) is 6.12. The van der Waals surface area contributed by atoms with Gasteiger partial charge in [-0.2, -0.15) is 0 Å². The van der Waals surface area contributed by atoms with Gasteiger partial charge in [-0.25, -0.2) is 14.4 Å². The number of pyridine rings is 2. The van der Waals surface area contributed by atoms with E-state index < -0.39 is 12.1 Å². The van der Waals surface area contributed by atoms with E-state index >= 15 is 0 Å². The van der Waals surface area contributed by atoms with Crippen LogP contribution in [0.5, 0.6) is 5.88 Å². The van der Waals surface area contributed by atoms with Crippen LogP contribution in [0.15, 0.2) is 36.7 Å². The topological polar surface area (TPSA) is 69.0 Å². The molecule has 1 aliphatic carbocycles. The highest BCUT2D eigenvalue weighted by molar-refractivity contribution is 5.96. The van der Waals surface area contributed by atoms with Crippen LogP contribution in [0.25, 0.3) is 22.2 Å². The molecular weight excluding hydrogens is 323 g/mol. The minimum Gasteiger partial charge on any atom is -0.481 e. The normalized spacial score (nSPS) is 19.0. The minimum atomic E-state index is -1.02. The second kappa shape index (κ2) is 5.84. The van der Waals surface area contributed by atoms with Crippen molar-refractivity contribution < 1.29 is 13.9 Å². The highest BCUT2D eigenvalue weighted by Crippen LogP contribution is 2.35. The van der Waals surface area contributed by atoms with Crippen LogP contribution < -0.4 is 10.1 Å². The number of hydrogen-bond donors (Lipinski definition) is 1. The second-order valence-corrected chi connectivity index (χ2v) is 6.12. The standard InChI is InChI=1S/C18H17FN4O2/c1-23-14(11-4-3-5-20-18(11)25-2)6-10-7-16(21-9-15(10)23)22-17(24)12-8-13(12)19/h3-7,9,12-13H,8H2,1-2H3,(H,21,22,24)/t12-,13+/m1/s1. The van der Waals surface area contributed by atoms with Gasteiger partial charge in [-0.3, -0.25) is 4.79 Å². The number of carbonyl (C=O) groups is 1. The predicted molar refractivity (Wildman–Crippen MR) is 92.1 cm³/mol. The van der Waals surface area contributed by atoms with E-state index in [-0.39, 0.29) is 5.91 Å². The molecule has 1 amide bonds. The maximum absolute atomic E-state index is 13.0. The average molecular weight is 340 g/mol. The number of fused-ring (bicyclic) bond motifs is 1. The number of methoxy groups -OCH3 is 1. The maximum atomic E-state index is 13.0. The van der Waals surface area contributed by atoms with Gasteiger partial charge >= 0.3 is 0 Å². The molecule has 7 heteroatoms. The molecule has 3 aromatic heterocycles. The first-order chi connectivity index (χ1) is 12.1. The van der Waals surface area contributed by atoms with Gasteiger partial charge in [-0.1, -0.05) is 0 Å². The lowest BCUT2D eigenvalue weighted by Crippen LogP contribution is -2.15. The molecule has 4 rings (SSSR count). The molecule has 1 saturated carbocycles. The average Bonchev–Trinajstić information content (AvgIpc) is 3.27. The molecule has 6 nitrogen and oxygen atoms in total. The Hall–Kier alpha value is -2.96. The van der Waals surface area contributed by atoms with E-state index in [0.29, 0.717) is 18.1 Å². The van der Waals surface area contributed by atoms with Gasteiger partial charge in [0.15, 0.2) is 0 Å². The first-order valence-corrected chi connectivity index (χ1v) is 7.98. The molecule has 0 aliphatic heterocycles. The maximum Gasteiger partial charge on any atom is 0.231 e. The van der Waals surface area contributed by atoms with Crippen molar-refractivity contribution >= 4 is 22.6 Å². The Morgan fingerprint density at radius 2 is 2.20 bits per heavy atom. The lowest BCUT2D eigenvalue weighted by atomic mass is 10.2. The summed E-state index contributed by atoms with van der Waals surface area (Å²) in [5.74, 6) is 0.109. The third kappa shape index (κ3) is 2.71. The van der Waals surface area contributed by atoms with Crippen LogP contribution in [-0.2, 0) is 11.8 Å². The fourth-order valence-corrected chi connectivity index (χ4v) is 2.96. The van der Waals surface area contributed by atoms with Gasteiger partial charge in [0.1, 0.15) is 12.0 Å². The number of aromatic nitrogens is 3. The summed E-state index contributed by atoms with van der Waals surface area (Å²) in [7, 11) is 3.52. The molecule has 3 aromatic rings. The molecule has 1 aliphatic rings. The van der Waals surface area contributed by atoms with Crippen molar-refractivity contribution in [1.29, 1.82) is 0 Å². The highest BCUT2D eigenvalue weighted by atomic mass is 19.1. The molecule has 0 saturated heterocycles. The van der Waals surface area contributed by atoms with E-state index in [9.17, 15) is 9.18 Å². The number of halogens is 1. The zero-order chi connectivity index (χ0) is 17.6. The highest BCUT2D eigenvalue weighted by Gasteiger charge is 2.43. The van der Waals surface area contributed by atoms with Gasteiger partial charge in [0.05, 0.1) is 36.0 Å². The summed E-state index contributed by atoms with van der Waals surface area (Å²) in [4.78, 5) is 20.4. The van der Waals surface area contributed by atoms with Crippen LogP contribution in [0, 0.1) is 5.92 Å². The van der Waals surface area contributed by atoms with Crippen molar-refractivity contribution in [2.24, 2.45) is 13.0 Å². The van der Waals surface area contributed by atoms with Gasteiger partial charge in [-0.15, -0.1) is 0 Å². The molecule has 128 valence electrons. The Labute approximate surface area is 143 Å². The van der Waals surface area contributed by atoms with Crippen molar-refractivity contribution in [3.05, 3.63) is 36.7 Å². The fraction of sp³-hybridized carbons (Fsp3) is 0.278. The van der Waals surface area contributed by atoms with Gasteiger partial charge in [0.2, 0.25) is 11.8 Å². The molecule has 25 heavy (non-hydrogen) atoms. The summed E-state index contributed by atoms with van der Waals surface area (Å²) in [5, 5.41) is 3.60. The summed E-state index contributed by atoms with van der Waals surface area (Å²) in [6.45, 7) is 0. The van der Waals surface area contributed by atoms with E-state index in [0.717, 1.165) is 22.2 Å². The van der Waals surface area contributed by atoms with E-state index in [1.54, 1.807) is 25.6 Å². The van der Waals surface area contributed by atoms with E-state index in [4.69, 9.17) is 4.74 Å². The molecule has 0 aromatic carbocycles. The number of alkyl halides is 1. The molecule has 0 unspecified atom stereocenters. The first kappa shape index (κ1) is 15.6. The number of nitrogens with zero attached hydrogens (tertiary/aromatic N) is 3. The summed E-state index contributed by atoms with van der Waals surface area (Å²) in [6.07, 6.45) is 2.64. The fourth-order valence-electron chi connectivity index (χ4n) is 2.96. The summed E-state index contributed by atoms with van der Waals surface area (Å²) >= 11 is 0. The number of rotatable bonds is 4. The van der Waals surface area contributed by atoms with Crippen LogP contribution in [0.3, 0.4) is 0 Å². The number of carbonyl (C=O) groups excluding carboxylic acids is 1. The Balaban J connectivity index is 1.71. The van der Waals surface area contributed by atoms with Crippen molar-refractivity contribution in [3.63, 3.8) is 0 Å². The zero-order valence-electron chi connectivity index (χ0n) is 13.9. The van der Waals surface area contributed by atoms with Gasteiger partial charge in [-0.05, 0) is 30.7 Å². The summed E-state index contributed by atoms with van der Waals surface area (Å²) in [6, 6.07) is 7.56. The number of hydrogen-bond acceptors (Lipinski definition) is 4. The van der Waals surface area contributed by atoms with E-state index in [1.165, 1.54) is 0 Å². The summed E-state index contributed by atoms with van der Waals surface area (Å²) in [5.41, 5.74) is 2.71. The minimum absolute atomic E-state index is 0.296. The van der Waals surface area contributed by atoms with Crippen molar-refractivity contribution in [2.45, 2.75) is 12.6 Å². The Morgan fingerprint density at radius 3 is 2.92 bits per heavy atom. The SMILES string of the molecule is COc1ncccc1-c1cc2cc(NC(=O)[C@@H]3C[C@@H]3F)ncc2n1C. The van der Waals surface area contributed by atoms with Crippen LogP contribution in [0.1, 0.15) is 6.42 Å². The Kier molecular flexibility index (Phi) is 3.63. The number of amides is 1. The predicted octanol–water partition coefficient (Wildman–Crippen LogP) is 2.94. The number of nitrogens with one attached hydrogen (secondary N) is 1. The monoisotopic (exact) mass is 340 g/mol. The largest absolute Gasteiger partial charge is 0.481 e. The number of anilines is 1. The van der Waals surface area contributed by atoms with Gasteiger partial charge < -0.3 is 14.6 Å². The molecule has 0 bridgehead atoms. The van der Waals surface area contributed by atoms with Crippen molar-refractivity contribution in [3.8, 4) is 17.1 Å². The molecule has 0 spiro atoms. The number of aryl methyl sites for hydroxylation is 1. The van der Waals surface area contributed by atoms with E-state index in [2.05, 4.69) is 15.3 Å². The van der Waals surface area contributed by atoms with Gasteiger partial charge in [0, 0.05) is 18.6 Å². The van der Waals surface area contributed by atoms with Gasteiger partial charge in [0.25, 0.3) is 0 Å². The van der Waals surface area contributed by atoms with Crippen molar-refractivity contribution in [2.75, 3.05) is 12.4 Å².